The number of piperazine rings is 1. The third kappa shape index (κ3) is 4.18. The Kier molecular flexibility index (Phi) is 6.14. The van der Waals surface area contributed by atoms with Gasteiger partial charge in [-0.2, -0.15) is 0 Å². The second-order valence-electron chi connectivity index (χ2n) is 6.88. The van der Waals surface area contributed by atoms with Crippen molar-refractivity contribution in [1.29, 1.82) is 0 Å². The van der Waals surface area contributed by atoms with Crippen molar-refractivity contribution in [1.82, 2.24) is 9.80 Å². The van der Waals surface area contributed by atoms with E-state index in [9.17, 15) is 14.0 Å². The average molecular weight is 383 g/mol. The van der Waals surface area contributed by atoms with Gasteiger partial charge < -0.3 is 14.5 Å². The maximum Gasteiger partial charge on any atom is 0.255 e. The van der Waals surface area contributed by atoms with E-state index in [1.807, 2.05) is 0 Å². The van der Waals surface area contributed by atoms with E-state index in [2.05, 4.69) is 0 Å². The number of hydrogen-bond acceptors (Lipinski definition) is 3. The molecule has 0 bridgehead atoms. The standard InChI is InChI=1S/C19H24ClFN2O3/c1-13-16(21)6-5-15(20)18(13)19(25)23-10-8-22(9-11-23)17(24)7-4-14-3-2-12-26-14/h5-6,14H,2-4,7-12H2,1H3/t14-/m0/s1. The largest absolute Gasteiger partial charge is 0.378 e. The van der Waals surface area contributed by atoms with Crippen LogP contribution in [0.4, 0.5) is 4.39 Å². The van der Waals surface area contributed by atoms with Crippen LogP contribution in [-0.2, 0) is 9.53 Å². The van der Waals surface area contributed by atoms with Crippen molar-refractivity contribution in [3.63, 3.8) is 0 Å². The molecule has 5 nitrogen and oxygen atoms in total. The number of rotatable bonds is 4. The Morgan fingerprint density at radius 1 is 1.23 bits per heavy atom. The van der Waals surface area contributed by atoms with Crippen LogP contribution in [0.3, 0.4) is 0 Å². The highest BCUT2D eigenvalue weighted by Crippen LogP contribution is 2.24. The molecule has 0 unspecified atom stereocenters. The summed E-state index contributed by atoms with van der Waals surface area (Å²) in [7, 11) is 0. The fourth-order valence-electron chi connectivity index (χ4n) is 3.55. The van der Waals surface area contributed by atoms with Crippen molar-refractivity contribution in [2.75, 3.05) is 32.8 Å². The molecule has 0 aliphatic carbocycles. The second-order valence-corrected chi connectivity index (χ2v) is 7.28. The van der Waals surface area contributed by atoms with E-state index in [0.29, 0.717) is 32.6 Å². The Labute approximate surface area is 158 Å². The molecule has 7 heteroatoms. The van der Waals surface area contributed by atoms with Gasteiger partial charge >= 0.3 is 0 Å². The van der Waals surface area contributed by atoms with Gasteiger partial charge in [-0.15, -0.1) is 0 Å². The molecule has 26 heavy (non-hydrogen) atoms. The highest BCUT2D eigenvalue weighted by atomic mass is 35.5. The molecule has 2 aliphatic rings. The summed E-state index contributed by atoms with van der Waals surface area (Å²) in [6.07, 6.45) is 3.55. The zero-order valence-electron chi connectivity index (χ0n) is 15.0. The molecule has 1 aromatic carbocycles. The summed E-state index contributed by atoms with van der Waals surface area (Å²) in [6.45, 7) is 4.18. The Bertz CT molecular complexity index is 684. The lowest BCUT2D eigenvalue weighted by Gasteiger charge is -2.35. The Morgan fingerprint density at radius 2 is 1.92 bits per heavy atom. The number of benzene rings is 1. The molecule has 2 aliphatic heterocycles. The van der Waals surface area contributed by atoms with E-state index < -0.39 is 5.82 Å². The number of hydrogen-bond donors (Lipinski definition) is 0. The van der Waals surface area contributed by atoms with Crippen molar-refractivity contribution in [3.05, 3.63) is 34.1 Å². The first kappa shape index (κ1) is 19.1. The van der Waals surface area contributed by atoms with Crippen LogP contribution in [-0.4, -0.2) is 60.5 Å². The summed E-state index contributed by atoms with van der Waals surface area (Å²) in [5.74, 6) is -0.619. The SMILES string of the molecule is Cc1c(F)ccc(Cl)c1C(=O)N1CCN(C(=O)CC[C@@H]2CCCO2)CC1. The van der Waals surface area contributed by atoms with Crippen molar-refractivity contribution in [3.8, 4) is 0 Å². The van der Waals surface area contributed by atoms with Gasteiger partial charge in [0.25, 0.3) is 5.91 Å². The van der Waals surface area contributed by atoms with Gasteiger partial charge in [0.1, 0.15) is 5.82 Å². The van der Waals surface area contributed by atoms with Crippen LogP contribution < -0.4 is 0 Å². The zero-order chi connectivity index (χ0) is 18.7. The number of amides is 2. The van der Waals surface area contributed by atoms with Gasteiger partial charge in [0.2, 0.25) is 5.91 Å². The first-order valence-corrected chi connectivity index (χ1v) is 9.48. The van der Waals surface area contributed by atoms with Crippen LogP contribution in [0.5, 0.6) is 0 Å². The van der Waals surface area contributed by atoms with Crippen LogP contribution in [0.2, 0.25) is 5.02 Å². The number of halogens is 2. The van der Waals surface area contributed by atoms with Crippen molar-refractivity contribution in [2.45, 2.75) is 38.7 Å². The van der Waals surface area contributed by atoms with E-state index in [1.54, 1.807) is 16.7 Å². The highest BCUT2D eigenvalue weighted by molar-refractivity contribution is 6.34. The molecule has 0 radical (unpaired) electrons. The van der Waals surface area contributed by atoms with Crippen LogP contribution in [0.1, 0.15) is 41.6 Å². The molecule has 0 N–H and O–H groups in total. The monoisotopic (exact) mass is 382 g/mol. The predicted molar refractivity (Wildman–Crippen MR) is 96.8 cm³/mol. The summed E-state index contributed by atoms with van der Waals surface area (Å²) >= 11 is 6.11. The maximum atomic E-state index is 13.8. The summed E-state index contributed by atoms with van der Waals surface area (Å²) < 4.78 is 19.3. The van der Waals surface area contributed by atoms with Crippen LogP contribution in [0, 0.1) is 12.7 Å². The second kappa shape index (κ2) is 8.35. The van der Waals surface area contributed by atoms with Gasteiger partial charge in [-0.1, -0.05) is 11.6 Å². The smallest absolute Gasteiger partial charge is 0.255 e. The van der Waals surface area contributed by atoms with Crippen LogP contribution >= 0.6 is 11.6 Å². The molecule has 0 spiro atoms. The lowest BCUT2D eigenvalue weighted by molar-refractivity contribution is -0.133. The van der Waals surface area contributed by atoms with Gasteiger partial charge in [0, 0.05) is 39.2 Å². The molecule has 2 fully saturated rings. The summed E-state index contributed by atoms with van der Waals surface area (Å²) in [5.41, 5.74) is 0.474. The van der Waals surface area contributed by atoms with Gasteiger partial charge in [-0.05, 0) is 43.9 Å². The summed E-state index contributed by atoms with van der Waals surface area (Å²) in [5, 5.41) is 0.254. The number of ether oxygens (including phenoxy) is 1. The fraction of sp³-hybridized carbons (Fsp3) is 0.579. The first-order valence-electron chi connectivity index (χ1n) is 9.10. The van der Waals surface area contributed by atoms with Gasteiger partial charge in [0.15, 0.2) is 0 Å². The predicted octanol–water partition coefficient (Wildman–Crippen LogP) is 3.03. The molecule has 2 heterocycles. The minimum absolute atomic E-state index is 0.104. The molecule has 2 amide bonds. The molecular formula is C19H24ClFN2O3. The van der Waals surface area contributed by atoms with E-state index in [-0.39, 0.29) is 34.1 Å². The lowest BCUT2D eigenvalue weighted by atomic mass is 10.1. The zero-order valence-corrected chi connectivity index (χ0v) is 15.7. The van der Waals surface area contributed by atoms with Crippen LogP contribution in [0.25, 0.3) is 0 Å². The van der Waals surface area contributed by atoms with E-state index >= 15 is 0 Å². The quantitative estimate of drug-likeness (QED) is 0.804. The normalized spacial score (nSPS) is 20.5. The molecule has 0 aromatic heterocycles. The lowest BCUT2D eigenvalue weighted by Crippen LogP contribution is -2.50. The third-order valence-electron chi connectivity index (χ3n) is 5.19. The van der Waals surface area contributed by atoms with Crippen LogP contribution in [0.15, 0.2) is 12.1 Å². The topological polar surface area (TPSA) is 49.9 Å². The fourth-order valence-corrected chi connectivity index (χ4v) is 3.83. The maximum absolute atomic E-state index is 13.8. The molecule has 1 atom stereocenters. The minimum Gasteiger partial charge on any atom is -0.378 e. The minimum atomic E-state index is -0.444. The van der Waals surface area contributed by atoms with Gasteiger partial charge in [0.05, 0.1) is 16.7 Å². The average Bonchev–Trinajstić information content (AvgIpc) is 3.17. The molecular weight excluding hydrogens is 359 g/mol. The Balaban J connectivity index is 1.54. The molecule has 2 saturated heterocycles. The highest BCUT2D eigenvalue weighted by Gasteiger charge is 2.28. The van der Waals surface area contributed by atoms with Crippen molar-refractivity contribution in [2.24, 2.45) is 0 Å². The Morgan fingerprint density at radius 3 is 2.58 bits per heavy atom. The molecule has 0 saturated carbocycles. The number of carbonyl (C=O) groups excluding carboxylic acids is 2. The summed E-state index contributed by atoms with van der Waals surface area (Å²) in [6, 6.07) is 2.67. The molecule has 142 valence electrons. The first-order chi connectivity index (χ1) is 12.5. The van der Waals surface area contributed by atoms with Crippen molar-refractivity contribution < 1.29 is 18.7 Å². The van der Waals surface area contributed by atoms with E-state index in [0.717, 1.165) is 25.9 Å². The Hall–Kier alpha value is -1.66. The molecule has 3 rings (SSSR count). The van der Waals surface area contributed by atoms with Gasteiger partial charge in [-0.3, -0.25) is 9.59 Å². The molecule has 1 aromatic rings. The van der Waals surface area contributed by atoms with E-state index in [1.165, 1.54) is 12.1 Å². The summed E-state index contributed by atoms with van der Waals surface area (Å²) in [4.78, 5) is 28.5. The van der Waals surface area contributed by atoms with E-state index in [4.69, 9.17) is 16.3 Å². The number of carbonyl (C=O) groups is 2. The number of nitrogens with zero attached hydrogens (tertiary/aromatic N) is 2. The van der Waals surface area contributed by atoms with Crippen molar-refractivity contribution >= 4 is 23.4 Å². The third-order valence-corrected chi connectivity index (χ3v) is 5.50. The van der Waals surface area contributed by atoms with Gasteiger partial charge in [-0.25, -0.2) is 4.39 Å².